The maximum atomic E-state index is 12.8. The number of ether oxygens (including phenoxy) is 1. The van der Waals surface area contributed by atoms with Gasteiger partial charge in [-0.1, -0.05) is 24.6 Å². The molecule has 4 amide bonds. The Hall–Kier alpha value is -2.90. The minimum atomic E-state index is -0.901. The first-order valence-electron chi connectivity index (χ1n) is 10.3. The summed E-state index contributed by atoms with van der Waals surface area (Å²) in [6, 6.07) is 3.32. The molecule has 2 N–H and O–H groups in total. The Balaban J connectivity index is 1.53. The molecule has 1 aromatic carbocycles. The summed E-state index contributed by atoms with van der Waals surface area (Å²) in [6.07, 6.45) is 2.84. The van der Waals surface area contributed by atoms with Crippen LogP contribution in [-0.4, -0.2) is 47.4 Å². The Kier molecular flexibility index (Phi) is 6.14. The van der Waals surface area contributed by atoms with Crippen LogP contribution in [0.2, 0.25) is 0 Å². The van der Waals surface area contributed by atoms with E-state index in [9.17, 15) is 19.2 Å². The third-order valence-electron chi connectivity index (χ3n) is 5.97. The Labute approximate surface area is 176 Å². The number of amides is 4. The highest BCUT2D eigenvalue weighted by molar-refractivity contribution is 6.08. The van der Waals surface area contributed by atoms with Crippen molar-refractivity contribution < 1.29 is 23.9 Å². The molecule has 30 heavy (non-hydrogen) atoms. The van der Waals surface area contributed by atoms with E-state index in [1.807, 2.05) is 32.9 Å². The highest BCUT2D eigenvalue weighted by Gasteiger charge is 2.52. The number of anilines is 1. The molecular weight excluding hydrogens is 386 g/mol. The van der Waals surface area contributed by atoms with Crippen LogP contribution in [0.25, 0.3) is 0 Å². The summed E-state index contributed by atoms with van der Waals surface area (Å²) in [6.45, 7) is 6.88. The van der Waals surface area contributed by atoms with E-state index in [-0.39, 0.29) is 5.91 Å². The summed E-state index contributed by atoms with van der Waals surface area (Å²) in [7, 11) is 0. The van der Waals surface area contributed by atoms with E-state index in [2.05, 4.69) is 17.6 Å². The zero-order valence-corrected chi connectivity index (χ0v) is 18.0. The third kappa shape index (κ3) is 4.47. The van der Waals surface area contributed by atoms with Gasteiger partial charge in [-0.05, 0) is 63.5 Å². The first kappa shape index (κ1) is 21.8. The molecule has 1 heterocycles. The normalized spacial score (nSPS) is 23.5. The van der Waals surface area contributed by atoms with E-state index >= 15 is 0 Å². The van der Waals surface area contributed by atoms with Gasteiger partial charge >= 0.3 is 12.0 Å². The second kappa shape index (κ2) is 8.45. The number of carbonyl (C=O) groups excluding carboxylic acids is 4. The zero-order valence-electron chi connectivity index (χ0n) is 18.0. The molecule has 1 saturated carbocycles. The van der Waals surface area contributed by atoms with Crippen LogP contribution in [0.3, 0.4) is 0 Å². The predicted octanol–water partition coefficient (Wildman–Crippen LogP) is 2.59. The largest absolute Gasteiger partial charge is 0.454 e. The molecule has 1 saturated heterocycles. The van der Waals surface area contributed by atoms with Crippen LogP contribution in [0.1, 0.15) is 49.3 Å². The second-order valence-corrected chi connectivity index (χ2v) is 8.57. The lowest BCUT2D eigenvalue weighted by Gasteiger charge is -2.33. The molecule has 0 bridgehead atoms. The van der Waals surface area contributed by atoms with Crippen LogP contribution in [0.4, 0.5) is 10.5 Å². The van der Waals surface area contributed by atoms with Gasteiger partial charge in [-0.3, -0.25) is 19.3 Å². The van der Waals surface area contributed by atoms with Gasteiger partial charge in [0.25, 0.3) is 11.8 Å². The SMILES string of the molecule is Cc1cc(C)c(NC(=O)COC(=O)CN2C(=O)NC3(CCC(C)CC3)C2=O)c(C)c1. The number of aryl methyl sites for hydroxylation is 3. The lowest BCUT2D eigenvalue weighted by atomic mass is 9.77. The molecule has 8 heteroatoms. The number of nitrogens with one attached hydrogen (secondary N) is 2. The number of urea groups is 1. The molecule has 1 aliphatic carbocycles. The number of hydrogen-bond acceptors (Lipinski definition) is 5. The van der Waals surface area contributed by atoms with Gasteiger partial charge in [0.05, 0.1) is 0 Å². The minimum Gasteiger partial charge on any atom is -0.454 e. The number of carbonyl (C=O) groups is 4. The van der Waals surface area contributed by atoms with E-state index in [0.29, 0.717) is 24.4 Å². The maximum Gasteiger partial charge on any atom is 0.326 e. The van der Waals surface area contributed by atoms with E-state index in [1.54, 1.807) is 0 Å². The molecular formula is C22H29N3O5. The molecule has 0 unspecified atom stereocenters. The van der Waals surface area contributed by atoms with E-state index < -0.39 is 36.6 Å². The summed E-state index contributed by atoms with van der Waals surface area (Å²) >= 11 is 0. The highest BCUT2D eigenvalue weighted by atomic mass is 16.5. The van der Waals surface area contributed by atoms with Crippen molar-refractivity contribution in [1.82, 2.24) is 10.2 Å². The maximum absolute atomic E-state index is 12.8. The molecule has 0 radical (unpaired) electrons. The van der Waals surface area contributed by atoms with Crippen LogP contribution in [0.5, 0.6) is 0 Å². The van der Waals surface area contributed by atoms with Crippen molar-refractivity contribution in [1.29, 1.82) is 0 Å². The van der Waals surface area contributed by atoms with Gasteiger partial charge < -0.3 is 15.4 Å². The summed E-state index contributed by atoms with van der Waals surface area (Å²) in [4.78, 5) is 50.3. The fourth-order valence-corrected chi connectivity index (χ4v) is 4.29. The van der Waals surface area contributed by atoms with Crippen LogP contribution in [0, 0.1) is 26.7 Å². The standard InChI is InChI=1S/C22H29N3O5/c1-13-5-7-22(8-6-13)20(28)25(21(29)24-22)11-18(27)30-12-17(26)23-19-15(3)9-14(2)10-16(19)4/h9-10,13H,5-8,11-12H2,1-4H3,(H,23,26)(H,24,29). The Morgan fingerprint density at radius 3 is 2.37 bits per heavy atom. The monoisotopic (exact) mass is 415 g/mol. The molecule has 0 atom stereocenters. The Morgan fingerprint density at radius 2 is 1.77 bits per heavy atom. The third-order valence-corrected chi connectivity index (χ3v) is 5.97. The second-order valence-electron chi connectivity index (χ2n) is 8.57. The zero-order chi connectivity index (χ0) is 22.1. The Morgan fingerprint density at radius 1 is 1.17 bits per heavy atom. The number of esters is 1. The molecule has 1 spiro atoms. The van der Waals surface area contributed by atoms with Gasteiger partial charge in [-0.2, -0.15) is 0 Å². The van der Waals surface area contributed by atoms with Crippen molar-refractivity contribution in [2.24, 2.45) is 5.92 Å². The van der Waals surface area contributed by atoms with Crippen molar-refractivity contribution in [2.45, 2.75) is 58.9 Å². The lowest BCUT2D eigenvalue weighted by Crippen LogP contribution is -2.49. The first-order chi connectivity index (χ1) is 14.1. The highest BCUT2D eigenvalue weighted by Crippen LogP contribution is 2.36. The van der Waals surface area contributed by atoms with E-state index in [4.69, 9.17) is 4.74 Å². The number of nitrogens with zero attached hydrogens (tertiary/aromatic N) is 1. The fraction of sp³-hybridized carbons (Fsp3) is 0.545. The molecule has 3 rings (SSSR count). The van der Waals surface area contributed by atoms with Crippen LogP contribution in [-0.2, 0) is 19.1 Å². The van der Waals surface area contributed by atoms with Crippen LogP contribution in [0.15, 0.2) is 12.1 Å². The quantitative estimate of drug-likeness (QED) is 0.568. The first-order valence-corrected chi connectivity index (χ1v) is 10.3. The predicted molar refractivity (Wildman–Crippen MR) is 111 cm³/mol. The average Bonchev–Trinajstić information content (AvgIpc) is 2.90. The molecule has 8 nitrogen and oxygen atoms in total. The van der Waals surface area contributed by atoms with Crippen molar-refractivity contribution in [3.05, 3.63) is 28.8 Å². The Bertz CT molecular complexity index is 864. The summed E-state index contributed by atoms with van der Waals surface area (Å²) in [5.41, 5.74) is 2.71. The van der Waals surface area contributed by atoms with E-state index in [1.165, 1.54) is 0 Å². The molecule has 0 aromatic heterocycles. The van der Waals surface area contributed by atoms with Crippen molar-refractivity contribution in [3.8, 4) is 0 Å². The molecule has 2 fully saturated rings. The number of imide groups is 1. The number of benzene rings is 1. The fourth-order valence-electron chi connectivity index (χ4n) is 4.29. The van der Waals surface area contributed by atoms with Crippen LogP contribution < -0.4 is 10.6 Å². The molecule has 1 aliphatic heterocycles. The van der Waals surface area contributed by atoms with Gasteiger partial charge in [0.15, 0.2) is 6.61 Å². The van der Waals surface area contributed by atoms with Gasteiger partial charge in [0, 0.05) is 5.69 Å². The smallest absolute Gasteiger partial charge is 0.326 e. The molecule has 2 aliphatic rings. The van der Waals surface area contributed by atoms with E-state index in [0.717, 1.165) is 34.4 Å². The van der Waals surface area contributed by atoms with Crippen molar-refractivity contribution >= 4 is 29.5 Å². The molecule has 1 aromatic rings. The van der Waals surface area contributed by atoms with Crippen molar-refractivity contribution in [2.75, 3.05) is 18.5 Å². The summed E-state index contributed by atoms with van der Waals surface area (Å²) in [5, 5.41) is 5.51. The molecule has 162 valence electrons. The van der Waals surface area contributed by atoms with Gasteiger partial charge in [-0.25, -0.2) is 4.79 Å². The lowest BCUT2D eigenvalue weighted by molar-refractivity contribution is -0.150. The number of hydrogen-bond donors (Lipinski definition) is 2. The van der Waals surface area contributed by atoms with Crippen molar-refractivity contribution in [3.63, 3.8) is 0 Å². The number of rotatable bonds is 5. The van der Waals surface area contributed by atoms with Gasteiger partial charge in [0.2, 0.25) is 0 Å². The van der Waals surface area contributed by atoms with Gasteiger partial charge in [-0.15, -0.1) is 0 Å². The van der Waals surface area contributed by atoms with Gasteiger partial charge in [0.1, 0.15) is 12.1 Å². The minimum absolute atomic E-state index is 0.383. The average molecular weight is 415 g/mol. The summed E-state index contributed by atoms with van der Waals surface area (Å²) < 4.78 is 5.01. The topological polar surface area (TPSA) is 105 Å². The van der Waals surface area contributed by atoms with Crippen LogP contribution >= 0.6 is 0 Å². The summed E-state index contributed by atoms with van der Waals surface area (Å²) in [5.74, 6) is -1.15.